The second-order valence-electron chi connectivity index (χ2n) is 9.88. The third kappa shape index (κ3) is 8.18. The highest BCUT2D eigenvalue weighted by molar-refractivity contribution is 7.91. The van der Waals surface area contributed by atoms with Crippen molar-refractivity contribution in [2.45, 2.75) is 62.5 Å². The Bertz CT molecular complexity index is 1310. The van der Waals surface area contributed by atoms with Crippen LogP contribution >= 0.6 is 0 Å². The van der Waals surface area contributed by atoms with Crippen LogP contribution in [-0.2, 0) is 32.3 Å². The lowest BCUT2D eigenvalue weighted by Gasteiger charge is -2.27. The number of esters is 1. The maximum absolute atomic E-state index is 13.0. The summed E-state index contributed by atoms with van der Waals surface area (Å²) in [6, 6.07) is 22.2. The van der Waals surface area contributed by atoms with Crippen molar-refractivity contribution in [3.8, 4) is 0 Å². The summed E-state index contributed by atoms with van der Waals surface area (Å²) in [4.78, 5) is 26.6. The second-order valence-corrected chi connectivity index (χ2v) is 11.8. The Morgan fingerprint density at radius 3 is 1.95 bits per heavy atom. The van der Waals surface area contributed by atoms with E-state index in [0.29, 0.717) is 31.5 Å². The number of hydrogen-bond donors (Lipinski definition) is 0. The molecular weight excluding hydrogens is 502 g/mol. The third-order valence-electron chi connectivity index (χ3n) is 5.67. The zero-order chi connectivity index (χ0) is 27.8. The van der Waals surface area contributed by atoms with Crippen molar-refractivity contribution in [2.75, 3.05) is 13.2 Å². The average Bonchev–Trinajstić information content (AvgIpc) is 2.88. The fourth-order valence-corrected chi connectivity index (χ4v) is 5.06. The Labute approximate surface area is 225 Å². The van der Waals surface area contributed by atoms with Crippen LogP contribution in [0.3, 0.4) is 0 Å². The minimum absolute atomic E-state index is 0.104. The first-order chi connectivity index (χ1) is 18.0. The van der Waals surface area contributed by atoms with E-state index in [1.54, 1.807) is 36.1 Å². The van der Waals surface area contributed by atoms with Gasteiger partial charge in [0.25, 0.3) is 0 Å². The SMILES string of the molecule is CCOC(=O)c1ccc(S(=O)(=O)c2ccc(CCCN(Cc3ccccc3)C(=O)OC(C)(C)C)cc2)cc1. The van der Waals surface area contributed by atoms with Gasteiger partial charge in [0.15, 0.2) is 0 Å². The molecule has 0 aliphatic heterocycles. The van der Waals surface area contributed by atoms with Gasteiger partial charge in [-0.2, -0.15) is 0 Å². The number of carbonyl (C=O) groups is 2. The summed E-state index contributed by atoms with van der Waals surface area (Å²) in [5.41, 5.74) is 1.69. The molecule has 0 heterocycles. The lowest BCUT2D eigenvalue weighted by molar-refractivity contribution is 0.0231. The molecule has 0 bridgehead atoms. The minimum atomic E-state index is -3.73. The largest absolute Gasteiger partial charge is 0.462 e. The molecule has 0 saturated carbocycles. The van der Waals surface area contributed by atoms with Gasteiger partial charge in [-0.1, -0.05) is 42.5 Å². The van der Waals surface area contributed by atoms with E-state index in [4.69, 9.17) is 9.47 Å². The molecule has 38 heavy (non-hydrogen) atoms. The number of amides is 1. The summed E-state index contributed by atoms with van der Waals surface area (Å²) in [5.74, 6) is -0.491. The predicted molar refractivity (Wildman–Crippen MR) is 146 cm³/mol. The summed E-state index contributed by atoms with van der Waals surface area (Å²) in [6.07, 6.45) is 0.993. The van der Waals surface area contributed by atoms with E-state index in [1.807, 2.05) is 51.1 Å². The Hall–Kier alpha value is -3.65. The number of benzene rings is 3. The molecule has 0 radical (unpaired) electrons. The molecule has 0 aliphatic rings. The van der Waals surface area contributed by atoms with Crippen molar-refractivity contribution in [2.24, 2.45) is 0 Å². The van der Waals surface area contributed by atoms with E-state index < -0.39 is 21.4 Å². The number of sulfone groups is 1. The maximum atomic E-state index is 13.0. The van der Waals surface area contributed by atoms with Crippen LogP contribution in [0.15, 0.2) is 88.7 Å². The topological polar surface area (TPSA) is 90.0 Å². The van der Waals surface area contributed by atoms with Crippen molar-refractivity contribution < 1.29 is 27.5 Å². The fourth-order valence-electron chi connectivity index (χ4n) is 3.80. The highest BCUT2D eigenvalue weighted by Gasteiger charge is 2.22. The monoisotopic (exact) mass is 537 g/mol. The highest BCUT2D eigenvalue weighted by Crippen LogP contribution is 2.22. The lowest BCUT2D eigenvalue weighted by atomic mass is 10.1. The van der Waals surface area contributed by atoms with E-state index in [2.05, 4.69) is 0 Å². The molecule has 0 N–H and O–H groups in total. The third-order valence-corrected chi connectivity index (χ3v) is 7.46. The summed E-state index contributed by atoms with van der Waals surface area (Å²) in [7, 11) is -3.73. The van der Waals surface area contributed by atoms with Gasteiger partial charge in [-0.3, -0.25) is 0 Å². The molecule has 3 aromatic carbocycles. The molecule has 202 valence electrons. The molecule has 0 spiro atoms. The lowest BCUT2D eigenvalue weighted by Crippen LogP contribution is -2.37. The molecule has 0 saturated heterocycles. The van der Waals surface area contributed by atoms with Gasteiger partial charge in [-0.25, -0.2) is 18.0 Å². The molecule has 8 heteroatoms. The first-order valence-electron chi connectivity index (χ1n) is 12.6. The van der Waals surface area contributed by atoms with Gasteiger partial charge < -0.3 is 14.4 Å². The maximum Gasteiger partial charge on any atom is 0.410 e. The molecule has 3 aromatic rings. The Balaban J connectivity index is 1.64. The molecule has 3 rings (SSSR count). The Morgan fingerprint density at radius 2 is 1.39 bits per heavy atom. The van der Waals surface area contributed by atoms with Crippen LogP contribution in [-0.4, -0.2) is 44.1 Å². The summed E-state index contributed by atoms with van der Waals surface area (Å²) in [5, 5.41) is 0. The molecular formula is C30H35NO6S. The van der Waals surface area contributed by atoms with Gasteiger partial charge >= 0.3 is 12.1 Å². The van der Waals surface area contributed by atoms with Crippen LogP contribution in [0.1, 0.15) is 55.6 Å². The number of carbonyl (C=O) groups excluding carboxylic acids is 2. The second kappa shape index (κ2) is 12.7. The van der Waals surface area contributed by atoms with Crippen LogP contribution in [0.2, 0.25) is 0 Å². The van der Waals surface area contributed by atoms with E-state index in [0.717, 1.165) is 11.1 Å². The van der Waals surface area contributed by atoms with Crippen LogP contribution in [0.4, 0.5) is 4.79 Å². The van der Waals surface area contributed by atoms with Gasteiger partial charge in [0, 0.05) is 13.1 Å². The van der Waals surface area contributed by atoms with Gasteiger partial charge in [0.1, 0.15) is 5.60 Å². The van der Waals surface area contributed by atoms with E-state index in [1.165, 1.54) is 24.3 Å². The predicted octanol–water partition coefficient (Wildman–Crippen LogP) is 6.07. The fraction of sp³-hybridized carbons (Fsp3) is 0.333. The first-order valence-corrected chi connectivity index (χ1v) is 14.1. The van der Waals surface area contributed by atoms with Gasteiger partial charge in [-0.15, -0.1) is 0 Å². The molecule has 0 fully saturated rings. The smallest absolute Gasteiger partial charge is 0.410 e. The molecule has 0 aromatic heterocycles. The number of rotatable bonds is 10. The number of hydrogen-bond acceptors (Lipinski definition) is 6. The Kier molecular flexibility index (Phi) is 9.69. The quantitative estimate of drug-likeness (QED) is 0.292. The van der Waals surface area contributed by atoms with Crippen molar-refractivity contribution >= 4 is 21.9 Å². The number of ether oxygens (including phenoxy) is 2. The summed E-state index contributed by atoms with van der Waals surface area (Å²) >= 11 is 0. The van der Waals surface area contributed by atoms with Gasteiger partial charge in [0.2, 0.25) is 9.84 Å². The average molecular weight is 538 g/mol. The normalized spacial score (nSPS) is 11.6. The summed E-state index contributed by atoms with van der Waals surface area (Å²) in [6.45, 7) is 8.43. The van der Waals surface area contributed by atoms with Crippen molar-refractivity contribution in [3.05, 3.63) is 95.6 Å². The number of nitrogens with zero attached hydrogens (tertiary/aromatic N) is 1. The number of aryl methyl sites for hydroxylation is 1. The van der Waals surface area contributed by atoms with Gasteiger partial charge in [0.05, 0.1) is 22.0 Å². The highest BCUT2D eigenvalue weighted by atomic mass is 32.2. The van der Waals surface area contributed by atoms with Crippen LogP contribution in [0.25, 0.3) is 0 Å². The zero-order valence-electron chi connectivity index (χ0n) is 22.3. The van der Waals surface area contributed by atoms with E-state index in [9.17, 15) is 18.0 Å². The zero-order valence-corrected chi connectivity index (χ0v) is 23.2. The van der Waals surface area contributed by atoms with E-state index in [-0.39, 0.29) is 22.5 Å². The van der Waals surface area contributed by atoms with Gasteiger partial charge in [-0.05, 0) is 88.1 Å². The van der Waals surface area contributed by atoms with Crippen molar-refractivity contribution in [1.29, 1.82) is 0 Å². The molecule has 7 nitrogen and oxygen atoms in total. The van der Waals surface area contributed by atoms with Crippen LogP contribution < -0.4 is 0 Å². The van der Waals surface area contributed by atoms with Crippen molar-refractivity contribution in [1.82, 2.24) is 4.90 Å². The Morgan fingerprint density at radius 1 is 0.816 bits per heavy atom. The minimum Gasteiger partial charge on any atom is -0.462 e. The van der Waals surface area contributed by atoms with Crippen LogP contribution in [0, 0.1) is 0 Å². The molecule has 1 amide bonds. The molecule has 0 unspecified atom stereocenters. The van der Waals surface area contributed by atoms with Crippen LogP contribution in [0.5, 0.6) is 0 Å². The molecule has 0 aliphatic carbocycles. The van der Waals surface area contributed by atoms with Crippen molar-refractivity contribution in [3.63, 3.8) is 0 Å². The summed E-state index contributed by atoms with van der Waals surface area (Å²) < 4.78 is 36.6. The molecule has 0 atom stereocenters. The standard InChI is InChI=1S/C30H35NO6S/c1-5-36-28(32)25-15-19-27(20-16-25)38(34,35)26-17-13-23(14-18-26)12-9-21-31(29(33)37-30(2,3)4)22-24-10-7-6-8-11-24/h6-8,10-11,13-20H,5,9,12,21-22H2,1-4H3. The van der Waals surface area contributed by atoms with E-state index >= 15 is 0 Å². The first kappa shape index (κ1) is 28.9.